The molecule has 0 saturated carbocycles. The molecule has 4 rings (SSSR count). The Morgan fingerprint density at radius 2 is 0.977 bits per heavy atom. The summed E-state index contributed by atoms with van der Waals surface area (Å²) in [7, 11) is 7.28. The van der Waals surface area contributed by atoms with Gasteiger partial charge in [-0.1, -0.05) is 76.3 Å². The first-order chi connectivity index (χ1) is 40.7. The molecular weight excluding hydrogens is 1120 g/mol. The molecule has 0 aromatic heterocycles. The lowest BCUT2D eigenvalue weighted by Crippen LogP contribution is -2.40. The number of ketones is 4. The first kappa shape index (κ1) is 71.3. The highest BCUT2D eigenvalue weighted by molar-refractivity contribution is 6.24. The van der Waals surface area contributed by atoms with Gasteiger partial charge in [-0.25, -0.2) is 9.59 Å². The van der Waals surface area contributed by atoms with Gasteiger partial charge in [-0.15, -0.1) is 0 Å². The Kier molecular flexibility index (Phi) is 28.4. The molecule has 0 fully saturated rings. The number of allylic oxidation sites excluding steroid dienone is 8. The van der Waals surface area contributed by atoms with Gasteiger partial charge in [0.05, 0.1) is 60.4 Å². The lowest BCUT2D eigenvalue weighted by Gasteiger charge is -2.30. The van der Waals surface area contributed by atoms with Gasteiger partial charge in [0, 0.05) is 101 Å². The first-order valence-corrected chi connectivity index (χ1v) is 28.3. The molecule has 0 aromatic rings. The fraction of sp³-hybridized carbons (Fsp3) is 0.541. The molecule has 4 aliphatic rings. The predicted molar refractivity (Wildman–Crippen MR) is 315 cm³/mol. The van der Waals surface area contributed by atoms with Crippen LogP contribution in [0.15, 0.2) is 117 Å². The second-order valence-electron chi connectivity index (χ2n) is 22.0. The van der Waals surface area contributed by atoms with E-state index in [2.05, 4.69) is 21.3 Å². The zero-order valence-electron chi connectivity index (χ0n) is 50.9. The number of hydrogen-bond acceptors (Lipinski definition) is 21. The largest absolute Gasteiger partial charge is 0.439 e. The van der Waals surface area contributed by atoms with Crippen LogP contribution in [0.1, 0.15) is 67.2 Å². The van der Waals surface area contributed by atoms with Gasteiger partial charge >= 0.3 is 12.2 Å². The molecule has 0 unspecified atom stereocenters. The van der Waals surface area contributed by atoms with Crippen LogP contribution in [0.25, 0.3) is 0 Å². The van der Waals surface area contributed by atoms with E-state index < -0.39 is 133 Å². The second-order valence-corrected chi connectivity index (χ2v) is 22.0. The van der Waals surface area contributed by atoms with Gasteiger partial charge in [-0.05, 0) is 69.6 Å². The van der Waals surface area contributed by atoms with Crippen molar-refractivity contribution in [3.05, 3.63) is 117 Å². The van der Waals surface area contributed by atoms with E-state index in [1.165, 1.54) is 90.9 Å². The number of nitrogens with two attached hydrogens (primary N) is 2. The lowest BCUT2D eigenvalue weighted by molar-refractivity contribution is -0.120. The number of fused-ring (bicyclic) bond motifs is 4. The molecular formula is C61H87N7O18. The first-order valence-electron chi connectivity index (χ1n) is 28.3. The minimum atomic E-state index is -1.23. The number of rotatable bonds is 16. The fourth-order valence-electron chi connectivity index (χ4n) is 10.4. The zero-order valence-corrected chi connectivity index (χ0v) is 50.9. The number of carbonyl (C=O) groups is 8. The number of carbonyl (C=O) groups excluding carboxylic acids is 8. The molecule has 2 aliphatic carbocycles. The smallest absolute Gasteiger partial charge is 0.405 e. The third-order valence-electron chi connectivity index (χ3n) is 15.3. The van der Waals surface area contributed by atoms with Crippen LogP contribution in [0.5, 0.6) is 0 Å². The molecule has 0 spiro atoms. The highest BCUT2D eigenvalue weighted by Gasteiger charge is 2.37. The number of aliphatic hydroxyl groups excluding tert-OH is 4. The van der Waals surface area contributed by atoms with Crippen LogP contribution in [0.2, 0.25) is 0 Å². The van der Waals surface area contributed by atoms with Crippen LogP contribution in [0, 0.1) is 23.7 Å². The van der Waals surface area contributed by atoms with Gasteiger partial charge in [0.15, 0.2) is 12.2 Å². The molecule has 12 N–H and O–H groups in total. The van der Waals surface area contributed by atoms with E-state index in [1.54, 1.807) is 20.9 Å². The van der Waals surface area contributed by atoms with Crippen molar-refractivity contribution < 1.29 is 87.2 Å². The molecule has 2 aliphatic heterocycles. The summed E-state index contributed by atoms with van der Waals surface area (Å²) in [6, 6.07) is 0. The van der Waals surface area contributed by atoms with E-state index in [4.69, 9.17) is 39.9 Å². The maximum absolute atomic E-state index is 14.4. The third-order valence-corrected chi connectivity index (χ3v) is 15.3. The van der Waals surface area contributed by atoms with Crippen molar-refractivity contribution in [3.63, 3.8) is 0 Å². The van der Waals surface area contributed by atoms with Gasteiger partial charge in [0.1, 0.15) is 12.2 Å². The highest BCUT2D eigenvalue weighted by Crippen LogP contribution is 2.31. The van der Waals surface area contributed by atoms with Crippen molar-refractivity contribution in [3.8, 4) is 0 Å². The van der Waals surface area contributed by atoms with Crippen molar-refractivity contribution in [2.45, 2.75) is 116 Å². The fourth-order valence-corrected chi connectivity index (χ4v) is 10.4. The van der Waals surface area contributed by atoms with Crippen molar-refractivity contribution >= 4 is 47.1 Å². The van der Waals surface area contributed by atoms with Gasteiger partial charge in [-0.3, -0.25) is 28.8 Å². The Morgan fingerprint density at radius 3 is 1.29 bits per heavy atom. The van der Waals surface area contributed by atoms with Crippen molar-refractivity contribution in [2.24, 2.45) is 35.1 Å². The molecule has 0 saturated heterocycles. The van der Waals surface area contributed by atoms with Gasteiger partial charge in [0.2, 0.25) is 23.1 Å². The third kappa shape index (κ3) is 19.9. The van der Waals surface area contributed by atoms with E-state index >= 15 is 0 Å². The Balaban J connectivity index is 1.60. The average molecular weight is 1210 g/mol. The number of nitrogens with zero attached hydrogens (tertiary/aromatic N) is 1. The molecule has 474 valence electrons. The van der Waals surface area contributed by atoms with Crippen molar-refractivity contribution in [1.29, 1.82) is 0 Å². The minimum absolute atomic E-state index is 0.00925. The van der Waals surface area contributed by atoms with Crippen LogP contribution in [0.3, 0.4) is 0 Å². The molecule has 4 bridgehead atoms. The Hall–Kier alpha value is -7.20. The zero-order chi connectivity index (χ0) is 64.1. The molecule has 2 heterocycles. The Labute approximate surface area is 502 Å². The monoisotopic (exact) mass is 1210 g/mol. The van der Waals surface area contributed by atoms with Crippen molar-refractivity contribution in [1.82, 2.24) is 26.2 Å². The van der Waals surface area contributed by atoms with E-state index in [1.807, 2.05) is 18.7 Å². The quantitative estimate of drug-likeness (QED) is 0.0775. The van der Waals surface area contributed by atoms with E-state index in [0.717, 1.165) is 12.2 Å². The number of aliphatic hydroxyl groups is 4. The molecule has 4 amide bonds. The number of ether oxygens (including phenoxy) is 6. The Bertz CT molecular complexity index is 2640. The standard InChI is InChI=1S/C61H87N7O18/c1-32-22-40-50(44(71)28-42(54(40)75)66-58(77)34(3)14-12-16-46(81-8)56(85-60(62)79)38(30-69)26-36(5)52(73)48(24-32)83-10)64-18-20-68(7)21-19-65-51-41-23-33(2)25-49(84-11)53(74)37(6)27-39(31-70)57(86-61(63)80)47(82-9)17-13-15-35(4)59(78)67-43(55(41)76)29-45(51)72/h12-17,26-29,32-33,36-37,46-49,52-53,56-57,64-65,69-70,73-74H,18-25,30-31H2,1-11H3,(H2,62,79)(H2,63,80)(H,66,77)(H,67,78)/b16-12-,17-13+,34-14+,35-15-,38-26+,39-27+/t32-,33-,36+,37+,46+,47+,48+,49+,52-,53-,56+,57+/m1/s1. The Morgan fingerprint density at radius 1 is 0.616 bits per heavy atom. The summed E-state index contributed by atoms with van der Waals surface area (Å²) in [5.41, 5.74) is 11.1. The maximum atomic E-state index is 14.4. The minimum Gasteiger partial charge on any atom is -0.439 e. The number of likely N-dealkylation sites (N-methyl/N-ethyl adjacent to an activating group) is 1. The van der Waals surface area contributed by atoms with Crippen LogP contribution in [-0.2, 0) is 57.2 Å². The molecule has 12 atom stereocenters. The number of nitrogens with one attached hydrogen (secondary N) is 4. The van der Waals surface area contributed by atoms with E-state index in [9.17, 15) is 58.8 Å². The second kappa shape index (κ2) is 34.2. The molecule has 25 heteroatoms. The summed E-state index contributed by atoms with van der Waals surface area (Å²) in [4.78, 5) is 110. The average Bonchev–Trinajstić information content (AvgIpc) is 2.43. The summed E-state index contributed by atoms with van der Waals surface area (Å²) in [6.07, 6.45) is 3.34. The molecule has 86 heavy (non-hydrogen) atoms. The maximum Gasteiger partial charge on any atom is 0.405 e. The van der Waals surface area contributed by atoms with Crippen molar-refractivity contribution in [2.75, 3.05) is 74.9 Å². The summed E-state index contributed by atoms with van der Waals surface area (Å²) in [5.74, 6) is -6.00. The molecule has 0 aromatic carbocycles. The van der Waals surface area contributed by atoms with Crippen LogP contribution >= 0.6 is 0 Å². The van der Waals surface area contributed by atoms with E-state index in [-0.39, 0.29) is 95.0 Å². The molecule has 0 radical (unpaired) electrons. The SMILES string of the molecule is CO[C@H]1/C=C\C=C(/C)C(=O)NC2=CC(=O)C(NCCN(C)CCNC3=C4C[C@@H](C)C[C@H](OC)[C@H](O)[C@@H](C)/C=C(\CO)[C@H](OC(N)=O)[C@@H](OC)/C=C/C=C(/C)C(=O)NC(=CC3=O)C4=O)=C(C[C@@H](C)C[C@H](OC)[C@H](O)[C@@H](C)/C=C(\CO)[C@@H]1OC(N)=O)C2=O. The summed E-state index contributed by atoms with van der Waals surface area (Å²) < 4.78 is 33.4. The van der Waals surface area contributed by atoms with Gasteiger partial charge in [-0.2, -0.15) is 0 Å². The van der Waals surface area contributed by atoms with Crippen LogP contribution in [0.4, 0.5) is 9.59 Å². The number of hydrogen-bond donors (Lipinski definition) is 10. The molecule has 25 nitrogen and oxygen atoms in total. The number of primary amides is 2. The summed E-state index contributed by atoms with van der Waals surface area (Å²) >= 11 is 0. The van der Waals surface area contributed by atoms with Gasteiger partial charge < -0.3 is 86.5 Å². The van der Waals surface area contributed by atoms with E-state index in [0.29, 0.717) is 13.1 Å². The number of amides is 4. The van der Waals surface area contributed by atoms with Crippen LogP contribution < -0.4 is 32.7 Å². The highest BCUT2D eigenvalue weighted by atomic mass is 16.6. The predicted octanol–water partition coefficient (Wildman–Crippen LogP) is 1.59. The normalized spacial score (nSPS) is 31.5. The number of methoxy groups -OCH3 is 4. The lowest BCUT2D eigenvalue weighted by atomic mass is 9.85. The van der Waals surface area contributed by atoms with Gasteiger partial charge in [0.25, 0.3) is 11.8 Å². The summed E-state index contributed by atoms with van der Waals surface area (Å²) in [5, 5.41) is 55.6. The topological polar surface area (TPSA) is 376 Å². The summed E-state index contributed by atoms with van der Waals surface area (Å²) in [6.45, 7) is 9.60. The number of Topliss-reactive ketones (excluding diaryl/α,β-unsaturated/α-hetero) is 2. The van der Waals surface area contributed by atoms with Crippen LogP contribution in [-0.4, -0.2) is 196 Å².